The van der Waals surface area contributed by atoms with E-state index in [1.165, 1.54) is 5.56 Å². The van der Waals surface area contributed by atoms with Gasteiger partial charge in [-0.25, -0.2) is 4.52 Å². The summed E-state index contributed by atoms with van der Waals surface area (Å²) >= 11 is 0. The highest BCUT2D eigenvalue weighted by molar-refractivity contribution is 5.58. The lowest BCUT2D eigenvalue weighted by molar-refractivity contribution is 0.405. The van der Waals surface area contributed by atoms with Crippen molar-refractivity contribution < 1.29 is 4.74 Å². The average molecular weight is 281 g/mol. The van der Waals surface area contributed by atoms with Crippen LogP contribution in [0.1, 0.15) is 22.7 Å². The van der Waals surface area contributed by atoms with Crippen LogP contribution in [0.25, 0.3) is 5.52 Å². The highest BCUT2D eigenvalue weighted by Gasteiger charge is 2.20. The fourth-order valence-corrected chi connectivity index (χ4v) is 2.73. The van der Waals surface area contributed by atoms with E-state index in [-0.39, 0.29) is 6.04 Å². The molecule has 0 amide bonds. The molecule has 0 spiro atoms. The van der Waals surface area contributed by atoms with E-state index < -0.39 is 0 Å². The zero-order valence-electron chi connectivity index (χ0n) is 12.5. The third-order valence-corrected chi connectivity index (χ3v) is 3.75. The number of aromatic nitrogens is 2. The Labute approximate surface area is 124 Å². The molecule has 3 rings (SSSR count). The first-order valence-corrected chi connectivity index (χ1v) is 6.98. The lowest BCUT2D eigenvalue weighted by Crippen LogP contribution is -2.18. The lowest BCUT2D eigenvalue weighted by atomic mass is 9.97. The lowest BCUT2D eigenvalue weighted by Gasteiger charge is -2.19. The van der Waals surface area contributed by atoms with E-state index in [9.17, 15) is 0 Å². The van der Waals surface area contributed by atoms with Crippen LogP contribution in [0.2, 0.25) is 0 Å². The van der Waals surface area contributed by atoms with Crippen LogP contribution in [-0.4, -0.2) is 23.8 Å². The summed E-state index contributed by atoms with van der Waals surface area (Å²) in [6, 6.07) is 12.4. The van der Waals surface area contributed by atoms with Gasteiger partial charge in [-0.05, 0) is 32.2 Å². The van der Waals surface area contributed by atoms with E-state index in [2.05, 4.69) is 35.5 Å². The minimum absolute atomic E-state index is 0.0414. The third kappa shape index (κ3) is 2.38. The number of ether oxygens (including phenoxy) is 1. The van der Waals surface area contributed by atoms with Gasteiger partial charge in [0.1, 0.15) is 5.75 Å². The van der Waals surface area contributed by atoms with Crippen LogP contribution in [0.4, 0.5) is 0 Å². The van der Waals surface area contributed by atoms with Crippen molar-refractivity contribution in [2.75, 3.05) is 14.2 Å². The molecular weight excluding hydrogens is 262 g/mol. The second kappa shape index (κ2) is 5.58. The Morgan fingerprint density at radius 3 is 2.81 bits per heavy atom. The van der Waals surface area contributed by atoms with Gasteiger partial charge in [-0.3, -0.25) is 0 Å². The Morgan fingerprint density at radius 1 is 1.19 bits per heavy atom. The van der Waals surface area contributed by atoms with Gasteiger partial charge in [0.05, 0.1) is 24.9 Å². The first-order valence-electron chi connectivity index (χ1n) is 6.98. The van der Waals surface area contributed by atoms with E-state index in [4.69, 9.17) is 4.74 Å². The maximum absolute atomic E-state index is 5.53. The van der Waals surface area contributed by atoms with Crippen LogP contribution in [0.15, 0.2) is 48.8 Å². The molecule has 2 aromatic heterocycles. The molecule has 0 saturated heterocycles. The molecule has 108 valence electrons. The molecule has 0 bridgehead atoms. The zero-order valence-corrected chi connectivity index (χ0v) is 12.5. The van der Waals surface area contributed by atoms with Crippen LogP contribution >= 0.6 is 0 Å². The molecule has 21 heavy (non-hydrogen) atoms. The molecule has 0 aliphatic heterocycles. The number of hydrogen-bond donors (Lipinski definition) is 1. The van der Waals surface area contributed by atoms with E-state index in [1.54, 1.807) is 7.11 Å². The summed E-state index contributed by atoms with van der Waals surface area (Å²) in [4.78, 5) is 0. The molecule has 0 aliphatic rings. The van der Waals surface area contributed by atoms with Crippen molar-refractivity contribution in [1.29, 1.82) is 0 Å². The Hall–Kier alpha value is -2.33. The number of hydrogen-bond acceptors (Lipinski definition) is 3. The summed E-state index contributed by atoms with van der Waals surface area (Å²) in [6.07, 6.45) is 3.87. The van der Waals surface area contributed by atoms with Gasteiger partial charge in [0.2, 0.25) is 0 Å². The van der Waals surface area contributed by atoms with Crippen molar-refractivity contribution >= 4 is 5.52 Å². The summed E-state index contributed by atoms with van der Waals surface area (Å²) < 4.78 is 7.42. The normalized spacial score (nSPS) is 12.5. The van der Waals surface area contributed by atoms with Gasteiger partial charge < -0.3 is 10.1 Å². The molecule has 0 radical (unpaired) electrons. The maximum atomic E-state index is 5.53. The largest absolute Gasteiger partial charge is 0.496 e. The van der Waals surface area contributed by atoms with Gasteiger partial charge in [-0.15, -0.1) is 0 Å². The SMILES string of the molecule is CNC(c1cc(C)ccc1OC)c1cnn2ccccc12. The van der Waals surface area contributed by atoms with Crippen LogP contribution in [-0.2, 0) is 0 Å². The smallest absolute Gasteiger partial charge is 0.124 e. The highest BCUT2D eigenvalue weighted by atomic mass is 16.5. The number of methoxy groups -OCH3 is 1. The van der Waals surface area contributed by atoms with E-state index >= 15 is 0 Å². The van der Waals surface area contributed by atoms with E-state index in [0.29, 0.717) is 0 Å². The molecule has 0 saturated carbocycles. The van der Waals surface area contributed by atoms with Crippen LogP contribution in [0.3, 0.4) is 0 Å². The number of nitrogens with zero attached hydrogens (tertiary/aromatic N) is 2. The van der Waals surface area contributed by atoms with E-state index in [0.717, 1.165) is 22.4 Å². The number of pyridine rings is 1. The van der Waals surface area contributed by atoms with E-state index in [1.807, 2.05) is 42.2 Å². The van der Waals surface area contributed by atoms with Crippen molar-refractivity contribution in [3.8, 4) is 5.75 Å². The molecule has 1 atom stereocenters. The summed E-state index contributed by atoms with van der Waals surface area (Å²) in [6.45, 7) is 2.09. The van der Waals surface area contributed by atoms with Crippen molar-refractivity contribution in [3.05, 3.63) is 65.5 Å². The van der Waals surface area contributed by atoms with Crippen molar-refractivity contribution in [3.63, 3.8) is 0 Å². The molecule has 1 aromatic carbocycles. The summed E-state index contributed by atoms with van der Waals surface area (Å²) in [5, 5.41) is 7.81. The molecule has 3 aromatic rings. The monoisotopic (exact) mass is 281 g/mol. The minimum atomic E-state index is 0.0414. The highest BCUT2D eigenvalue weighted by Crippen LogP contribution is 2.32. The Morgan fingerprint density at radius 2 is 2.05 bits per heavy atom. The third-order valence-electron chi connectivity index (χ3n) is 3.75. The standard InChI is InChI=1S/C17H19N3O/c1-12-7-8-16(21-3)13(10-12)17(18-2)14-11-19-20-9-5-4-6-15(14)20/h4-11,17-18H,1-3H3. The first-order chi connectivity index (χ1) is 10.2. The van der Waals surface area contributed by atoms with Gasteiger partial charge in [0.25, 0.3) is 0 Å². The fourth-order valence-electron chi connectivity index (χ4n) is 2.73. The van der Waals surface area contributed by atoms with Gasteiger partial charge in [0.15, 0.2) is 0 Å². The number of aryl methyl sites for hydroxylation is 1. The summed E-state index contributed by atoms with van der Waals surface area (Å²) in [7, 11) is 3.66. The number of nitrogens with one attached hydrogen (secondary N) is 1. The predicted octanol–water partition coefficient (Wildman–Crippen LogP) is 2.96. The van der Waals surface area contributed by atoms with Gasteiger partial charge >= 0.3 is 0 Å². The number of benzene rings is 1. The molecule has 0 aliphatic carbocycles. The topological polar surface area (TPSA) is 38.6 Å². The summed E-state index contributed by atoms with van der Waals surface area (Å²) in [5.41, 5.74) is 4.57. The Balaban J connectivity index is 2.16. The molecular formula is C17H19N3O. The van der Waals surface area contributed by atoms with Gasteiger partial charge in [-0.2, -0.15) is 5.10 Å². The molecule has 2 heterocycles. The van der Waals surface area contributed by atoms with Crippen molar-refractivity contribution in [1.82, 2.24) is 14.9 Å². The molecule has 1 unspecified atom stereocenters. The maximum Gasteiger partial charge on any atom is 0.124 e. The minimum Gasteiger partial charge on any atom is -0.496 e. The predicted molar refractivity (Wildman–Crippen MR) is 83.8 cm³/mol. The van der Waals surface area contributed by atoms with Crippen molar-refractivity contribution in [2.45, 2.75) is 13.0 Å². The Bertz CT molecular complexity index is 764. The van der Waals surface area contributed by atoms with Crippen LogP contribution in [0.5, 0.6) is 5.75 Å². The van der Waals surface area contributed by atoms with Gasteiger partial charge in [0, 0.05) is 17.3 Å². The fraction of sp³-hybridized carbons (Fsp3) is 0.235. The second-order valence-corrected chi connectivity index (χ2v) is 5.10. The van der Waals surface area contributed by atoms with Crippen LogP contribution < -0.4 is 10.1 Å². The van der Waals surface area contributed by atoms with Crippen LogP contribution in [0, 0.1) is 6.92 Å². The quantitative estimate of drug-likeness (QED) is 0.799. The molecule has 1 N–H and O–H groups in total. The Kier molecular flexibility index (Phi) is 3.62. The average Bonchev–Trinajstić information content (AvgIpc) is 2.93. The second-order valence-electron chi connectivity index (χ2n) is 5.10. The van der Waals surface area contributed by atoms with Crippen molar-refractivity contribution in [2.24, 2.45) is 0 Å². The molecule has 4 heteroatoms. The number of rotatable bonds is 4. The zero-order chi connectivity index (χ0) is 14.8. The first kappa shape index (κ1) is 13.6. The number of fused-ring (bicyclic) bond motifs is 1. The van der Waals surface area contributed by atoms with Gasteiger partial charge in [-0.1, -0.05) is 23.8 Å². The molecule has 0 fully saturated rings. The summed E-state index contributed by atoms with van der Waals surface area (Å²) in [5.74, 6) is 0.884. The molecule has 4 nitrogen and oxygen atoms in total.